The van der Waals surface area contributed by atoms with Crippen LogP contribution in [-0.4, -0.2) is 39.1 Å². The summed E-state index contributed by atoms with van der Waals surface area (Å²) >= 11 is 0. The molecular weight excluding hydrogens is 318 g/mol. The molecule has 0 aliphatic carbocycles. The number of nitrogens with one attached hydrogen (secondary N) is 4. The molecule has 1 aromatic heterocycles. The number of H-pyrrole nitrogens is 1. The highest BCUT2D eigenvalue weighted by atomic mass is 16.2. The summed E-state index contributed by atoms with van der Waals surface area (Å²) in [5.41, 5.74) is 1.17. The minimum Gasteiger partial charge on any atom is -0.345 e. The molecule has 0 atom stereocenters. The van der Waals surface area contributed by atoms with E-state index < -0.39 is 11.8 Å². The molecule has 25 heavy (non-hydrogen) atoms. The highest BCUT2D eigenvalue weighted by Crippen LogP contribution is 2.28. The summed E-state index contributed by atoms with van der Waals surface area (Å²) in [5.74, 6) is -1.27. The van der Waals surface area contributed by atoms with Gasteiger partial charge in [0.25, 0.3) is 0 Å². The average molecular weight is 343 g/mol. The fraction of sp³-hybridized carbons (Fsp3) is 0.500. The third-order valence-corrected chi connectivity index (χ3v) is 4.43. The molecule has 2 heterocycles. The number of aromatic nitrogens is 2. The molecule has 2 amide bonds. The number of fused-ring (bicyclic) bond motifs is 1. The lowest BCUT2D eigenvalue weighted by Gasteiger charge is -2.46. The molecular formula is C18H25N5O2. The van der Waals surface area contributed by atoms with Gasteiger partial charge in [-0.3, -0.25) is 14.7 Å². The zero-order valence-electron chi connectivity index (χ0n) is 15.1. The van der Waals surface area contributed by atoms with Crippen LogP contribution >= 0.6 is 0 Å². The van der Waals surface area contributed by atoms with Gasteiger partial charge in [-0.15, -0.1) is 0 Å². The number of rotatable bonds is 2. The third kappa shape index (κ3) is 4.17. The SMILES string of the molecule is CC1(C)CC(NC(=O)C(=O)Nc2ccc3cn[nH]c3c2)CC(C)(C)N1. The minimum atomic E-state index is -0.659. The molecule has 0 unspecified atom stereocenters. The van der Waals surface area contributed by atoms with Crippen LogP contribution in [0.25, 0.3) is 10.9 Å². The monoisotopic (exact) mass is 343 g/mol. The van der Waals surface area contributed by atoms with Gasteiger partial charge in [-0.05, 0) is 58.7 Å². The van der Waals surface area contributed by atoms with Gasteiger partial charge in [0, 0.05) is 28.2 Å². The Bertz CT molecular complexity index is 793. The number of amides is 2. The highest BCUT2D eigenvalue weighted by Gasteiger charge is 2.38. The molecule has 1 aliphatic heterocycles. The summed E-state index contributed by atoms with van der Waals surface area (Å²) in [5, 5.41) is 16.8. The first-order valence-electron chi connectivity index (χ1n) is 8.48. The normalized spacial score (nSPS) is 19.5. The lowest BCUT2D eigenvalue weighted by Crippen LogP contribution is -2.62. The van der Waals surface area contributed by atoms with Gasteiger partial charge >= 0.3 is 11.8 Å². The number of hydrogen-bond acceptors (Lipinski definition) is 4. The highest BCUT2D eigenvalue weighted by molar-refractivity contribution is 6.39. The van der Waals surface area contributed by atoms with E-state index >= 15 is 0 Å². The molecule has 0 bridgehead atoms. The van der Waals surface area contributed by atoms with Gasteiger partial charge in [-0.25, -0.2) is 0 Å². The van der Waals surface area contributed by atoms with Gasteiger partial charge in [0.05, 0.1) is 11.7 Å². The molecule has 4 N–H and O–H groups in total. The maximum atomic E-state index is 12.3. The lowest BCUT2D eigenvalue weighted by atomic mass is 9.79. The number of anilines is 1. The number of carbonyl (C=O) groups excluding carboxylic acids is 2. The standard InChI is InChI=1S/C18H25N5O2/c1-17(2)8-13(9-18(3,4)23-17)21-16(25)15(24)20-12-6-5-11-10-19-22-14(11)7-12/h5-7,10,13,23H,8-9H2,1-4H3,(H,19,22)(H,20,24)(H,21,25). The molecule has 134 valence electrons. The van der Waals surface area contributed by atoms with Crippen LogP contribution in [0, 0.1) is 0 Å². The lowest BCUT2D eigenvalue weighted by molar-refractivity contribution is -0.137. The number of piperidine rings is 1. The first-order chi connectivity index (χ1) is 11.6. The van der Waals surface area contributed by atoms with Crippen LogP contribution in [0.2, 0.25) is 0 Å². The molecule has 1 aromatic carbocycles. The van der Waals surface area contributed by atoms with Crippen molar-refractivity contribution in [3.8, 4) is 0 Å². The van der Waals surface area contributed by atoms with Crippen LogP contribution in [0.3, 0.4) is 0 Å². The van der Waals surface area contributed by atoms with E-state index in [0.29, 0.717) is 5.69 Å². The quantitative estimate of drug-likeness (QED) is 0.626. The summed E-state index contributed by atoms with van der Waals surface area (Å²) in [6, 6.07) is 5.30. The number of benzene rings is 1. The Labute approximate surface area is 146 Å². The Hall–Kier alpha value is -2.41. The zero-order chi connectivity index (χ0) is 18.2. The first-order valence-corrected chi connectivity index (χ1v) is 8.48. The molecule has 0 spiro atoms. The van der Waals surface area contributed by atoms with E-state index in [9.17, 15) is 9.59 Å². The van der Waals surface area contributed by atoms with Crippen LogP contribution in [0.1, 0.15) is 40.5 Å². The zero-order valence-corrected chi connectivity index (χ0v) is 15.1. The Kier molecular flexibility index (Phi) is 4.28. The maximum absolute atomic E-state index is 12.3. The Balaban J connectivity index is 1.63. The second-order valence-electron chi connectivity index (χ2n) is 8.10. The predicted octanol–water partition coefficient (Wildman–Crippen LogP) is 1.93. The van der Waals surface area contributed by atoms with Crippen molar-refractivity contribution in [1.82, 2.24) is 20.8 Å². The second-order valence-corrected chi connectivity index (χ2v) is 8.10. The van der Waals surface area contributed by atoms with Crippen molar-refractivity contribution < 1.29 is 9.59 Å². The molecule has 1 saturated heterocycles. The fourth-order valence-electron chi connectivity index (χ4n) is 3.88. The van der Waals surface area contributed by atoms with Crippen molar-refractivity contribution in [2.24, 2.45) is 0 Å². The maximum Gasteiger partial charge on any atom is 0.313 e. The predicted molar refractivity (Wildman–Crippen MR) is 97.2 cm³/mol. The van der Waals surface area contributed by atoms with E-state index in [1.165, 1.54) is 0 Å². The van der Waals surface area contributed by atoms with Gasteiger partial charge < -0.3 is 16.0 Å². The summed E-state index contributed by atoms with van der Waals surface area (Å²) in [4.78, 5) is 24.5. The van der Waals surface area contributed by atoms with Crippen molar-refractivity contribution in [2.75, 3.05) is 5.32 Å². The molecule has 7 heteroatoms. The van der Waals surface area contributed by atoms with Crippen LogP contribution in [0.15, 0.2) is 24.4 Å². The molecule has 0 radical (unpaired) electrons. The van der Waals surface area contributed by atoms with Crippen molar-refractivity contribution in [3.63, 3.8) is 0 Å². The Morgan fingerprint density at radius 2 is 1.80 bits per heavy atom. The average Bonchev–Trinajstić information content (AvgIpc) is 2.91. The molecule has 0 saturated carbocycles. The van der Waals surface area contributed by atoms with Gasteiger partial charge in [0.1, 0.15) is 0 Å². The first kappa shape index (κ1) is 17.4. The van der Waals surface area contributed by atoms with Crippen molar-refractivity contribution in [2.45, 2.75) is 57.7 Å². The fourth-order valence-corrected chi connectivity index (χ4v) is 3.88. The summed E-state index contributed by atoms with van der Waals surface area (Å²) in [7, 11) is 0. The Morgan fingerprint density at radius 3 is 2.48 bits per heavy atom. The van der Waals surface area contributed by atoms with E-state index in [1.807, 2.05) is 6.07 Å². The van der Waals surface area contributed by atoms with E-state index in [4.69, 9.17) is 0 Å². The number of nitrogens with zero attached hydrogens (tertiary/aromatic N) is 1. The van der Waals surface area contributed by atoms with E-state index in [1.54, 1.807) is 18.3 Å². The summed E-state index contributed by atoms with van der Waals surface area (Å²) in [6.45, 7) is 8.42. The van der Waals surface area contributed by atoms with Gasteiger partial charge in [-0.1, -0.05) is 0 Å². The van der Waals surface area contributed by atoms with Crippen LogP contribution in [0.5, 0.6) is 0 Å². The second kappa shape index (κ2) is 6.15. The molecule has 2 aromatic rings. The summed E-state index contributed by atoms with van der Waals surface area (Å²) < 4.78 is 0. The van der Waals surface area contributed by atoms with Crippen LogP contribution in [0.4, 0.5) is 5.69 Å². The van der Waals surface area contributed by atoms with E-state index in [-0.39, 0.29) is 17.1 Å². The molecule has 1 fully saturated rings. The summed E-state index contributed by atoms with van der Waals surface area (Å²) in [6.07, 6.45) is 3.25. The largest absolute Gasteiger partial charge is 0.345 e. The number of hydrogen-bond donors (Lipinski definition) is 4. The third-order valence-electron chi connectivity index (χ3n) is 4.43. The molecule has 1 aliphatic rings. The van der Waals surface area contributed by atoms with Crippen molar-refractivity contribution in [3.05, 3.63) is 24.4 Å². The van der Waals surface area contributed by atoms with Gasteiger partial charge in [0.15, 0.2) is 0 Å². The van der Waals surface area contributed by atoms with E-state index in [0.717, 1.165) is 23.7 Å². The van der Waals surface area contributed by atoms with Crippen LogP contribution in [-0.2, 0) is 9.59 Å². The van der Waals surface area contributed by atoms with Crippen molar-refractivity contribution in [1.29, 1.82) is 0 Å². The Morgan fingerprint density at radius 1 is 1.12 bits per heavy atom. The van der Waals surface area contributed by atoms with Crippen molar-refractivity contribution >= 4 is 28.4 Å². The topological polar surface area (TPSA) is 98.9 Å². The number of aromatic amines is 1. The smallest absolute Gasteiger partial charge is 0.313 e. The number of carbonyl (C=O) groups is 2. The van der Waals surface area contributed by atoms with Crippen LogP contribution < -0.4 is 16.0 Å². The van der Waals surface area contributed by atoms with E-state index in [2.05, 4.69) is 53.8 Å². The van der Waals surface area contributed by atoms with Gasteiger partial charge in [-0.2, -0.15) is 5.10 Å². The minimum absolute atomic E-state index is 0.0420. The molecule has 3 rings (SSSR count). The van der Waals surface area contributed by atoms with Gasteiger partial charge in [0.2, 0.25) is 0 Å². The molecule has 7 nitrogen and oxygen atoms in total.